The molecule has 10 heavy (non-hydrogen) atoms. The lowest BCUT2D eigenvalue weighted by Crippen LogP contribution is -2.06. The quantitative estimate of drug-likeness (QED) is 0.692. The van der Waals surface area contributed by atoms with Crippen molar-refractivity contribution in [2.24, 2.45) is 5.92 Å². The fraction of sp³-hybridized carbons (Fsp3) is 0.500. The molecule has 0 saturated heterocycles. The summed E-state index contributed by atoms with van der Waals surface area (Å²) in [4.78, 5) is 0. The van der Waals surface area contributed by atoms with Crippen LogP contribution < -0.4 is 0 Å². The van der Waals surface area contributed by atoms with Gasteiger partial charge in [0.15, 0.2) is 0 Å². The van der Waals surface area contributed by atoms with E-state index < -0.39 is 0 Å². The average molecular weight is 203 g/mol. The second kappa shape index (κ2) is 3.35. The molecule has 2 heteroatoms. The van der Waals surface area contributed by atoms with Crippen LogP contribution in [0.25, 0.3) is 0 Å². The Morgan fingerprint density at radius 3 is 3.00 bits per heavy atom. The summed E-state index contributed by atoms with van der Waals surface area (Å²) in [6.07, 6.45) is 5.13. The van der Waals surface area contributed by atoms with Gasteiger partial charge in [0.05, 0.1) is 0 Å². The molecule has 1 unspecified atom stereocenters. The molecule has 0 aromatic carbocycles. The van der Waals surface area contributed by atoms with Crippen molar-refractivity contribution < 1.29 is 5.11 Å². The Hall–Kier alpha value is -0.0800. The number of aliphatic hydroxyl groups excluding tert-OH is 1. The van der Waals surface area contributed by atoms with E-state index in [0.29, 0.717) is 5.92 Å². The molecule has 1 atom stereocenters. The van der Waals surface area contributed by atoms with Crippen molar-refractivity contribution in [1.82, 2.24) is 0 Å². The molecule has 0 heterocycles. The zero-order valence-electron chi connectivity index (χ0n) is 5.97. The van der Waals surface area contributed by atoms with Crippen molar-refractivity contribution in [3.8, 4) is 0 Å². The third-order valence-corrected chi connectivity index (χ3v) is 2.09. The van der Waals surface area contributed by atoms with E-state index in [2.05, 4.69) is 28.9 Å². The van der Waals surface area contributed by atoms with Gasteiger partial charge in [0, 0.05) is 17.0 Å². The molecule has 0 saturated carbocycles. The van der Waals surface area contributed by atoms with Crippen molar-refractivity contribution in [1.29, 1.82) is 0 Å². The third-order valence-electron chi connectivity index (χ3n) is 1.60. The third kappa shape index (κ3) is 1.96. The Kier molecular flexibility index (Phi) is 2.69. The van der Waals surface area contributed by atoms with Gasteiger partial charge in [-0.1, -0.05) is 27.6 Å². The predicted octanol–water partition coefficient (Wildman–Crippen LogP) is 2.22. The van der Waals surface area contributed by atoms with Crippen LogP contribution in [0.2, 0.25) is 0 Å². The molecule has 56 valence electrons. The Labute approximate surface area is 69.6 Å². The van der Waals surface area contributed by atoms with Crippen LogP contribution >= 0.6 is 15.9 Å². The van der Waals surface area contributed by atoms with Crippen molar-refractivity contribution in [2.75, 3.05) is 6.61 Å². The summed E-state index contributed by atoms with van der Waals surface area (Å²) < 4.78 is 1.09. The second-order valence-corrected chi connectivity index (χ2v) is 3.60. The average Bonchev–Trinajstić information content (AvgIpc) is 1.85. The Bertz CT molecular complexity index is 182. The van der Waals surface area contributed by atoms with Crippen LogP contribution in [0.3, 0.4) is 0 Å². The minimum absolute atomic E-state index is 0.250. The lowest BCUT2D eigenvalue weighted by molar-refractivity contribution is 0.251. The van der Waals surface area contributed by atoms with Gasteiger partial charge in [0.1, 0.15) is 0 Å². The smallest absolute Gasteiger partial charge is 0.0497 e. The van der Waals surface area contributed by atoms with Gasteiger partial charge in [-0.3, -0.25) is 0 Å². The molecular weight excluding hydrogens is 192 g/mol. The van der Waals surface area contributed by atoms with Crippen LogP contribution in [0.5, 0.6) is 0 Å². The van der Waals surface area contributed by atoms with E-state index in [1.54, 1.807) is 0 Å². The van der Waals surface area contributed by atoms with E-state index in [4.69, 9.17) is 5.11 Å². The standard InChI is InChI=1S/C8H11BrO/c1-6-2-7(5-10)4-8(9)3-6/h3-4,7,10H,2,5H2,1H3. The maximum absolute atomic E-state index is 8.83. The highest BCUT2D eigenvalue weighted by Crippen LogP contribution is 2.24. The van der Waals surface area contributed by atoms with Gasteiger partial charge in [-0.25, -0.2) is 0 Å². The monoisotopic (exact) mass is 202 g/mol. The fourth-order valence-electron chi connectivity index (χ4n) is 1.16. The van der Waals surface area contributed by atoms with E-state index in [1.807, 2.05) is 6.08 Å². The first kappa shape index (κ1) is 8.02. The summed E-state index contributed by atoms with van der Waals surface area (Å²) >= 11 is 3.38. The van der Waals surface area contributed by atoms with Crippen LogP contribution in [0.4, 0.5) is 0 Å². The highest BCUT2D eigenvalue weighted by Gasteiger charge is 2.09. The van der Waals surface area contributed by atoms with Crippen molar-refractivity contribution >= 4 is 15.9 Å². The molecule has 1 N–H and O–H groups in total. The Morgan fingerprint density at radius 1 is 1.80 bits per heavy atom. The molecule has 0 bridgehead atoms. The molecule has 0 radical (unpaired) electrons. The van der Waals surface area contributed by atoms with Gasteiger partial charge in [-0.15, -0.1) is 0 Å². The number of rotatable bonds is 1. The van der Waals surface area contributed by atoms with E-state index in [9.17, 15) is 0 Å². The topological polar surface area (TPSA) is 20.2 Å². The first-order valence-electron chi connectivity index (χ1n) is 3.37. The van der Waals surface area contributed by atoms with E-state index in [0.717, 1.165) is 10.9 Å². The van der Waals surface area contributed by atoms with Gasteiger partial charge in [0.2, 0.25) is 0 Å². The number of hydrogen-bond donors (Lipinski definition) is 1. The summed E-state index contributed by atoms with van der Waals surface area (Å²) in [7, 11) is 0. The lowest BCUT2D eigenvalue weighted by Gasteiger charge is -2.14. The molecule has 1 aliphatic carbocycles. The molecule has 1 nitrogen and oxygen atoms in total. The van der Waals surface area contributed by atoms with E-state index in [-0.39, 0.29) is 6.61 Å². The van der Waals surface area contributed by atoms with Crippen LogP contribution in [0.1, 0.15) is 13.3 Å². The molecule has 0 aromatic rings. The molecule has 0 aliphatic heterocycles. The minimum Gasteiger partial charge on any atom is -0.396 e. The summed E-state index contributed by atoms with van der Waals surface area (Å²) in [5.41, 5.74) is 1.33. The summed E-state index contributed by atoms with van der Waals surface area (Å²) in [6.45, 7) is 2.33. The first-order valence-corrected chi connectivity index (χ1v) is 4.17. The SMILES string of the molecule is CC1=CC(Br)=CC(CO)C1. The zero-order valence-corrected chi connectivity index (χ0v) is 7.56. The molecular formula is C8H11BrO. The summed E-state index contributed by atoms with van der Waals surface area (Å²) in [6, 6.07) is 0. The lowest BCUT2D eigenvalue weighted by atomic mass is 9.96. The Balaban J connectivity index is 2.67. The van der Waals surface area contributed by atoms with Gasteiger partial charge in [0.25, 0.3) is 0 Å². The molecule has 1 aliphatic rings. The van der Waals surface area contributed by atoms with E-state index in [1.165, 1.54) is 5.57 Å². The predicted molar refractivity (Wildman–Crippen MR) is 46.0 cm³/mol. The molecule has 0 amide bonds. The van der Waals surface area contributed by atoms with Crippen molar-refractivity contribution in [2.45, 2.75) is 13.3 Å². The number of allylic oxidation sites excluding steroid dienone is 3. The number of aliphatic hydroxyl groups is 1. The van der Waals surface area contributed by atoms with Crippen LogP contribution in [0.15, 0.2) is 22.2 Å². The van der Waals surface area contributed by atoms with Gasteiger partial charge in [-0.05, 0) is 19.4 Å². The normalized spacial score (nSPS) is 25.7. The molecule has 0 aromatic heterocycles. The zero-order chi connectivity index (χ0) is 7.56. The summed E-state index contributed by atoms with van der Waals surface area (Å²) in [5, 5.41) is 8.83. The molecule has 0 spiro atoms. The van der Waals surface area contributed by atoms with Crippen molar-refractivity contribution in [3.05, 3.63) is 22.2 Å². The second-order valence-electron chi connectivity index (χ2n) is 2.69. The minimum atomic E-state index is 0.250. The molecule has 1 rings (SSSR count). The maximum atomic E-state index is 8.83. The highest BCUT2D eigenvalue weighted by atomic mass is 79.9. The first-order chi connectivity index (χ1) is 4.72. The van der Waals surface area contributed by atoms with Crippen LogP contribution in [0, 0.1) is 5.92 Å². The summed E-state index contributed by atoms with van der Waals surface area (Å²) in [5.74, 6) is 0.319. The van der Waals surface area contributed by atoms with Gasteiger partial charge < -0.3 is 5.11 Å². The molecule has 0 fully saturated rings. The van der Waals surface area contributed by atoms with Crippen molar-refractivity contribution in [3.63, 3.8) is 0 Å². The number of hydrogen-bond acceptors (Lipinski definition) is 1. The van der Waals surface area contributed by atoms with E-state index >= 15 is 0 Å². The maximum Gasteiger partial charge on any atom is 0.0497 e. The fourth-order valence-corrected chi connectivity index (χ4v) is 1.92. The number of halogens is 1. The Morgan fingerprint density at radius 2 is 2.50 bits per heavy atom. The van der Waals surface area contributed by atoms with Gasteiger partial charge >= 0.3 is 0 Å². The highest BCUT2D eigenvalue weighted by molar-refractivity contribution is 9.11. The van der Waals surface area contributed by atoms with Crippen LogP contribution in [-0.4, -0.2) is 11.7 Å². The van der Waals surface area contributed by atoms with Gasteiger partial charge in [-0.2, -0.15) is 0 Å². The largest absolute Gasteiger partial charge is 0.396 e. The van der Waals surface area contributed by atoms with Crippen LogP contribution in [-0.2, 0) is 0 Å².